The molecule has 2 aromatic rings. The van der Waals surface area contributed by atoms with Crippen molar-refractivity contribution in [1.82, 2.24) is 10.3 Å². The molecule has 0 bridgehead atoms. The lowest BCUT2D eigenvalue weighted by atomic mass is 10.2. The van der Waals surface area contributed by atoms with Crippen molar-refractivity contribution in [3.05, 3.63) is 68.3 Å². The average Bonchev–Trinajstić information content (AvgIpc) is 2.39. The van der Waals surface area contributed by atoms with E-state index in [9.17, 15) is 14.0 Å². The molecule has 6 heteroatoms. The van der Waals surface area contributed by atoms with Gasteiger partial charge in [-0.3, -0.25) is 9.59 Å². The minimum atomic E-state index is -0.425. The maximum atomic E-state index is 13.5. The number of pyridine rings is 1. The average molecular weight is 325 g/mol. The van der Waals surface area contributed by atoms with Crippen molar-refractivity contribution < 1.29 is 9.18 Å². The molecule has 0 radical (unpaired) electrons. The summed E-state index contributed by atoms with van der Waals surface area (Å²) in [6.45, 7) is 0.0525. The van der Waals surface area contributed by atoms with Crippen LogP contribution >= 0.6 is 15.9 Å². The van der Waals surface area contributed by atoms with Gasteiger partial charge in [0, 0.05) is 34.4 Å². The van der Waals surface area contributed by atoms with E-state index in [1.165, 1.54) is 24.4 Å². The zero-order chi connectivity index (χ0) is 13.8. The van der Waals surface area contributed by atoms with Gasteiger partial charge in [-0.25, -0.2) is 4.39 Å². The van der Waals surface area contributed by atoms with E-state index < -0.39 is 11.7 Å². The smallest absolute Gasteiger partial charge is 0.251 e. The zero-order valence-corrected chi connectivity index (χ0v) is 11.3. The van der Waals surface area contributed by atoms with Gasteiger partial charge in [0.05, 0.1) is 0 Å². The Labute approximate surface area is 116 Å². The molecule has 0 saturated heterocycles. The number of carbonyl (C=O) groups is 1. The Hall–Kier alpha value is -1.95. The lowest BCUT2D eigenvalue weighted by molar-refractivity contribution is 0.0950. The Morgan fingerprint density at radius 2 is 2.11 bits per heavy atom. The summed E-state index contributed by atoms with van der Waals surface area (Å²) in [5, 5.41) is 2.56. The van der Waals surface area contributed by atoms with Gasteiger partial charge in [0.2, 0.25) is 5.56 Å². The van der Waals surface area contributed by atoms with Gasteiger partial charge in [-0.15, -0.1) is 0 Å². The normalized spacial score (nSPS) is 10.2. The molecule has 0 atom stereocenters. The van der Waals surface area contributed by atoms with Gasteiger partial charge in [-0.05, 0) is 24.3 Å². The summed E-state index contributed by atoms with van der Waals surface area (Å²) in [6, 6.07) is 7.16. The van der Waals surface area contributed by atoms with Crippen molar-refractivity contribution in [2.45, 2.75) is 6.54 Å². The zero-order valence-electron chi connectivity index (χ0n) is 9.74. The van der Waals surface area contributed by atoms with Gasteiger partial charge in [0.1, 0.15) is 5.82 Å². The molecule has 1 aromatic carbocycles. The van der Waals surface area contributed by atoms with Crippen LogP contribution in [0, 0.1) is 5.82 Å². The molecule has 0 unspecified atom stereocenters. The van der Waals surface area contributed by atoms with E-state index in [-0.39, 0.29) is 17.7 Å². The van der Waals surface area contributed by atoms with E-state index in [1.54, 1.807) is 12.1 Å². The van der Waals surface area contributed by atoms with Crippen LogP contribution in [0.4, 0.5) is 4.39 Å². The second-order valence-corrected chi connectivity index (χ2v) is 4.78. The summed E-state index contributed by atoms with van der Waals surface area (Å²) in [7, 11) is 0. The monoisotopic (exact) mass is 324 g/mol. The minimum Gasteiger partial charge on any atom is -0.348 e. The number of aromatic amines is 1. The molecule has 0 aliphatic carbocycles. The molecule has 0 fully saturated rings. The predicted molar refractivity (Wildman–Crippen MR) is 72.3 cm³/mol. The van der Waals surface area contributed by atoms with Gasteiger partial charge in [-0.2, -0.15) is 0 Å². The third kappa shape index (κ3) is 3.51. The van der Waals surface area contributed by atoms with Crippen molar-refractivity contribution in [2.24, 2.45) is 0 Å². The fourth-order valence-electron chi connectivity index (χ4n) is 1.54. The van der Waals surface area contributed by atoms with E-state index >= 15 is 0 Å². The second-order valence-electron chi connectivity index (χ2n) is 3.86. The van der Waals surface area contributed by atoms with Crippen molar-refractivity contribution in [1.29, 1.82) is 0 Å². The van der Waals surface area contributed by atoms with Gasteiger partial charge < -0.3 is 10.3 Å². The number of amides is 1. The highest BCUT2D eigenvalue weighted by atomic mass is 79.9. The van der Waals surface area contributed by atoms with E-state index in [4.69, 9.17) is 0 Å². The predicted octanol–water partition coefficient (Wildman–Crippen LogP) is 2.21. The van der Waals surface area contributed by atoms with Gasteiger partial charge >= 0.3 is 0 Å². The van der Waals surface area contributed by atoms with E-state index in [0.29, 0.717) is 5.56 Å². The number of halogens is 2. The first-order chi connectivity index (χ1) is 9.06. The Kier molecular flexibility index (Phi) is 4.11. The highest BCUT2D eigenvalue weighted by Gasteiger charge is 2.08. The molecule has 98 valence electrons. The summed E-state index contributed by atoms with van der Waals surface area (Å²) >= 11 is 3.23. The summed E-state index contributed by atoms with van der Waals surface area (Å²) in [5.74, 6) is -0.820. The summed E-state index contributed by atoms with van der Waals surface area (Å²) in [5.41, 5.74) is 0.244. The molecular weight excluding hydrogens is 315 g/mol. The van der Waals surface area contributed by atoms with E-state index in [2.05, 4.69) is 26.2 Å². The number of rotatable bonds is 3. The van der Waals surface area contributed by atoms with Crippen molar-refractivity contribution in [2.75, 3.05) is 0 Å². The number of H-pyrrole nitrogens is 1. The topological polar surface area (TPSA) is 62.0 Å². The minimum absolute atomic E-state index is 0.0525. The summed E-state index contributed by atoms with van der Waals surface area (Å²) in [4.78, 5) is 25.2. The third-order valence-electron chi connectivity index (χ3n) is 2.48. The molecule has 2 N–H and O–H groups in total. The van der Waals surface area contributed by atoms with Gasteiger partial charge in [-0.1, -0.05) is 15.9 Å². The Balaban J connectivity index is 2.08. The molecule has 0 saturated carbocycles. The van der Waals surface area contributed by atoms with Crippen LogP contribution in [0.25, 0.3) is 0 Å². The van der Waals surface area contributed by atoms with Crippen LogP contribution in [0.1, 0.15) is 15.9 Å². The summed E-state index contributed by atoms with van der Waals surface area (Å²) in [6.07, 6.45) is 1.39. The molecule has 0 aliphatic heterocycles. The fraction of sp³-hybridized carbons (Fsp3) is 0.0769. The standard InChI is InChI=1S/C13H10BrFN2O2/c14-10-1-2-11(15)9(5-10)7-17-13(19)8-3-4-16-12(18)6-8/h1-6H,7H2,(H,16,18)(H,17,19). The largest absolute Gasteiger partial charge is 0.348 e. The highest BCUT2D eigenvalue weighted by Crippen LogP contribution is 2.15. The fourth-order valence-corrected chi connectivity index (χ4v) is 1.95. The number of hydrogen-bond acceptors (Lipinski definition) is 2. The van der Waals surface area contributed by atoms with Crippen LogP contribution < -0.4 is 10.9 Å². The molecule has 2 rings (SSSR count). The molecule has 0 spiro atoms. The second kappa shape index (κ2) is 5.79. The number of carbonyl (C=O) groups excluding carboxylic acids is 1. The lowest BCUT2D eigenvalue weighted by Gasteiger charge is -2.06. The Bertz CT molecular complexity index is 670. The summed E-state index contributed by atoms with van der Waals surface area (Å²) < 4.78 is 14.2. The number of aromatic nitrogens is 1. The highest BCUT2D eigenvalue weighted by molar-refractivity contribution is 9.10. The van der Waals surface area contributed by atoms with E-state index in [1.807, 2.05) is 0 Å². The van der Waals surface area contributed by atoms with Crippen LogP contribution in [0.15, 0.2) is 45.8 Å². The Morgan fingerprint density at radius 1 is 1.32 bits per heavy atom. The maximum absolute atomic E-state index is 13.5. The quantitative estimate of drug-likeness (QED) is 0.909. The number of nitrogens with one attached hydrogen (secondary N) is 2. The van der Waals surface area contributed by atoms with Crippen LogP contribution in [0.5, 0.6) is 0 Å². The molecule has 4 nitrogen and oxygen atoms in total. The van der Waals surface area contributed by atoms with Crippen molar-refractivity contribution in [3.8, 4) is 0 Å². The maximum Gasteiger partial charge on any atom is 0.251 e. The van der Waals surface area contributed by atoms with Crippen LogP contribution in [0.2, 0.25) is 0 Å². The van der Waals surface area contributed by atoms with Crippen LogP contribution in [-0.2, 0) is 6.54 Å². The molecule has 1 aromatic heterocycles. The molecule has 1 amide bonds. The molecule has 0 aliphatic rings. The lowest BCUT2D eigenvalue weighted by Crippen LogP contribution is -2.24. The van der Waals surface area contributed by atoms with E-state index in [0.717, 1.165) is 4.47 Å². The van der Waals surface area contributed by atoms with Crippen molar-refractivity contribution >= 4 is 21.8 Å². The Morgan fingerprint density at radius 3 is 2.84 bits per heavy atom. The molecule has 1 heterocycles. The third-order valence-corrected chi connectivity index (χ3v) is 2.98. The molecular formula is C13H10BrFN2O2. The van der Waals surface area contributed by atoms with Gasteiger partial charge in [0.15, 0.2) is 0 Å². The first kappa shape index (κ1) is 13.5. The SMILES string of the molecule is O=C(NCc1cc(Br)ccc1F)c1cc[nH]c(=O)c1. The first-order valence-corrected chi connectivity index (χ1v) is 6.26. The first-order valence-electron chi connectivity index (χ1n) is 5.47. The molecule has 19 heavy (non-hydrogen) atoms. The van der Waals surface area contributed by atoms with Gasteiger partial charge in [0.25, 0.3) is 5.91 Å². The number of hydrogen-bond donors (Lipinski definition) is 2. The van der Waals surface area contributed by atoms with Crippen LogP contribution in [0.3, 0.4) is 0 Å². The number of benzene rings is 1. The van der Waals surface area contributed by atoms with Crippen molar-refractivity contribution in [3.63, 3.8) is 0 Å². The van der Waals surface area contributed by atoms with Crippen LogP contribution in [-0.4, -0.2) is 10.9 Å².